The van der Waals surface area contributed by atoms with E-state index < -0.39 is 0 Å². The smallest absolute Gasteiger partial charge is 0.221 e. The molecule has 0 saturated heterocycles. The van der Waals surface area contributed by atoms with Crippen molar-refractivity contribution in [2.75, 3.05) is 20.3 Å². The Bertz CT molecular complexity index is 984. The lowest BCUT2D eigenvalue weighted by Gasteiger charge is -2.10. The van der Waals surface area contributed by atoms with E-state index >= 15 is 0 Å². The van der Waals surface area contributed by atoms with Crippen molar-refractivity contribution in [3.8, 4) is 11.5 Å². The van der Waals surface area contributed by atoms with Gasteiger partial charge in [0.1, 0.15) is 18.1 Å². The van der Waals surface area contributed by atoms with Crippen LogP contribution in [0, 0.1) is 0 Å². The summed E-state index contributed by atoms with van der Waals surface area (Å²) in [6, 6.07) is 14.5. The minimum Gasteiger partial charge on any atom is -0.497 e. The normalized spacial score (nSPS) is 10.6. The predicted octanol–water partition coefficient (Wildman–Crippen LogP) is 1.99. The molecular formula is C20H21N3O4. The van der Waals surface area contributed by atoms with E-state index in [1.807, 2.05) is 36.4 Å². The van der Waals surface area contributed by atoms with Crippen molar-refractivity contribution in [1.82, 2.24) is 15.1 Å². The lowest BCUT2D eigenvalue weighted by molar-refractivity contribution is -0.121. The molecule has 3 aromatic rings. The first kappa shape index (κ1) is 18.4. The summed E-state index contributed by atoms with van der Waals surface area (Å²) >= 11 is 0. The summed E-state index contributed by atoms with van der Waals surface area (Å²) in [6.45, 7) is 1.15. The minimum atomic E-state index is -0.124. The Labute approximate surface area is 156 Å². The quantitative estimate of drug-likeness (QED) is 0.616. The van der Waals surface area contributed by atoms with Gasteiger partial charge in [-0.25, -0.2) is 0 Å². The Hall–Kier alpha value is -3.35. The van der Waals surface area contributed by atoms with Gasteiger partial charge in [-0.1, -0.05) is 18.2 Å². The Morgan fingerprint density at radius 1 is 1.15 bits per heavy atom. The molecular weight excluding hydrogens is 346 g/mol. The first-order valence-electron chi connectivity index (χ1n) is 8.66. The first-order chi connectivity index (χ1) is 13.2. The number of aryl methyl sites for hydroxylation is 1. The maximum atomic E-state index is 12.0. The van der Waals surface area contributed by atoms with Crippen LogP contribution in [-0.2, 0) is 11.3 Å². The molecule has 1 N–H and O–H groups in total. The van der Waals surface area contributed by atoms with Crippen LogP contribution in [0.5, 0.6) is 11.5 Å². The van der Waals surface area contributed by atoms with E-state index in [-0.39, 0.29) is 17.8 Å². The molecule has 2 aromatic carbocycles. The van der Waals surface area contributed by atoms with Gasteiger partial charge in [-0.3, -0.25) is 14.3 Å². The summed E-state index contributed by atoms with van der Waals surface area (Å²) in [5.41, 5.74) is 0.597. The molecule has 0 aliphatic heterocycles. The number of fused-ring (bicyclic) bond motifs is 1. The average molecular weight is 367 g/mol. The number of benzene rings is 2. The number of rotatable bonds is 8. The summed E-state index contributed by atoms with van der Waals surface area (Å²) in [5, 5.41) is 7.53. The van der Waals surface area contributed by atoms with Crippen LogP contribution in [0.1, 0.15) is 6.42 Å². The van der Waals surface area contributed by atoms with Crippen molar-refractivity contribution >= 4 is 16.8 Å². The molecule has 0 fully saturated rings. The highest BCUT2D eigenvalue weighted by molar-refractivity contribution is 5.79. The van der Waals surface area contributed by atoms with Gasteiger partial charge in [0.15, 0.2) is 0 Å². The largest absolute Gasteiger partial charge is 0.497 e. The maximum absolute atomic E-state index is 12.0. The number of methoxy groups -OCH3 is 1. The van der Waals surface area contributed by atoms with Crippen LogP contribution < -0.4 is 20.2 Å². The van der Waals surface area contributed by atoms with Crippen molar-refractivity contribution in [2.24, 2.45) is 0 Å². The number of aromatic nitrogens is 2. The third kappa shape index (κ3) is 4.84. The van der Waals surface area contributed by atoms with Crippen LogP contribution in [0.2, 0.25) is 0 Å². The number of hydrogen-bond donors (Lipinski definition) is 1. The summed E-state index contributed by atoms with van der Waals surface area (Å²) < 4.78 is 12.4. The van der Waals surface area contributed by atoms with Crippen molar-refractivity contribution in [3.63, 3.8) is 0 Å². The fourth-order valence-electron chi connectivity index (χ4n) is 2.69. The molecule has 7 heteroatoms. The molecule has 0 aliphatic carbocycles. The monoisotopic (exact) mass is 367 g/mol. The molecule has 0 atom stereocenters. The molecule has 0 radical (unpaired) electrons. The lowest BCUT2D eigenvalue weighted by atomic mass is 10.2. The molecule has 27 heavy (non-hydrogen) atoms. The number of ether oxygens (including phenoxy) is 2. The number of carbonyl (C=O) groups excluding carboxylic acids is 1. The van der Waals surface area contributed by atoms with Gasteiger partial charge in [-0.15, -0.1) is 0 Å². The van der Waals surface area contributed by atoms with Crippen LogP contribution >= 0.6 is 0 Å². The van der Waals surface area contributed by atoms with Gasteiger partial charge >= 0.3 is 0 Å². The molecule has 7 nitrogen and oxygen atoms in total. The molecule has 1 aromatic heterocycles. The van der Waals surface area contributed by atoms with Crippen molar-refractivity contribution in [2.45, 2.75) is 13.0 Å². The number of para-hydroxylation sites is 1. The van der Waals surface area contributed by atoms with Gasteiger partial charge in [0.05, 0.1) is 31.9 Å². The Morgan fingerprint density at radius 2 is 1.96 bits per heavy atom. The summed E-state index contributed by atoms with van der Waals surface area (Å²) in [6.07, 6.45) is 1.54. The van der Waals surface area contributed by atoms with E-state index in [0.29, 0.717) is 30.8 Å². The third-order valence-electron chi connectivity index (χ3n) is 4.05. The fourth-order valence-corrected chi connectivity index (χ4v) is 2.69. The highest BCUT2D eigenvalue weighted by Crippen LogP contribution is 2.18. The SMILES string of the molecule is COc1cccc(OCCNC(=O)CCn2ncc(=O)c3ccccc32)c1. The second-order valence-corrected chi connectivity index (χ2v) is 5.88. The van der Waals surface area contributed by atoms with E-state index in [1.54, 1.807) is 23.9 Å². The van der Waals surface area contributed by atoms with Gasteiger partial charge in [-0.2, -0.15) is 5.10 Å². The molecule has 0 unspecified atom stereocenters. The molecule has 1 amide bonds. The van der Waals surface area contributed by atoms with Crippen molar-refractivity contribution in [3.05, 3.63) is 65.0 Å². The van der Waals surface area contributed by atoms with Crippen molar-refractivity contribution in [1.29, 1.82) is 0 Å². The topological polar surface area (TPSA) is 82.4 Å². The average Bonchev–Trinajstić information content (AvgIpc) is 2.71. The van der Waals surface area contributed by atoms with Gasteiger partial charge in [-0.05, 0) is 24.3 Å². The van der Waals surface area contributed by atoms with Crippen LogP contribution in [0.15, 0.2) is 59.5 Å². The number of carbonyl (C=O) groups is 1. The Balaban J connectivity index is 1.46. The Morgan fingerprint density at radius 3 is 2.81 bits per heavy atom. The highest BCUT2D eigenvalue weighted by atomic mass is 16.5. The standard InChI is InChI=1S/C20H21N3O4/c1-26-15-5-4-6-16(13-15)27-12-10-21-20(25)9-11-23-18-8-3-2-7-17(18)19(24)14-22-23/h2-8,13-14H,9-12H2,1H3,(H,21,25). The predicted molar refractivity (Wildman–Crippen MR) is 102 cm³/mol. The second-order valence-electron chi connectivity index (χ2n) is 5.88. The van der Waals surface area contributed by atoms with Crippen LogP contribution in [0.3, 0.4) is 0 Å². The molecule has 3 rings (SSSR count). The molecule has 1 heterocycles. The van der Waals surface area contributed by atoms with Crippen LogP contribution in [0.25, 0.3) is 10.9 Å². The molecule has 0 bridgehead atoms. The maximum Gasteiger partial charge on any atom is 0.221 e. The number of nitrogens with zero attached hydrogens (tertiary/aromatic N) is 2. The minimum absolute atomic E-state index is 0.103. The summed E-state index contributed by atoms with van der Waals surface area (Å²) in [5.74, 6) is 1.30. The van der Waals surface area contributed by atoms with Crippen LogP contribution in [0.4, 0.5) is 0 Å². The molecule has 0 aliphatic rings. The second kappa shape index (κ2) is 8.84. The number of amides is 1. The fraction of sp³-hybridized carbons (Fsp3) is 0.250. The lowest BCUT2D eigenvalue weighted by Crippen LogP contribution is -2.29. The van der Waals surface area contributed by atoms with Gasteiger partial charge in [0.25, 0.3) is 0 Å². The zero-order chi connectivity index (χ0) is 19.1. The van der Waals surface area contributed by atoms with Gasteiger partial charge in [0, 0.05) is 17.9 Å². The number of nitrogens with one attached hydrogen (secondary N) is 1. The molecule has 0 saturated carbocycles. The molecule has 0 spiro atoms. The first-order valence-corrected chi connectivity index (χ1v) is 8.66. The van der Waals surface area contributed by atoms with Gasteiger partial charge in [0.2, 0.25) is 11.3 Å². The zero-order valence-electron chi connectivity index (χ0n) is 15.1. The van der Waals surface area contributed by atoms with E-state index in [9.17, 15) is 9.59 Å². The molecule has 140 valence electrons. The van der Waals surface area contributed by atoms with E-state index in [0.717, 1.165) is 11.3 Å². The zero-order valence-corrected chi connectivity index (χ0v) is 15.1. The summed E-state index contributed by atoms with van der Waals surface area (Å²) in [4.78, 5) is 23.9. The van der Waals surface area contributed by atoms with Crippen LogP contribution in [-0.4, -0.2) is 35.9 Å². The van der Waals surface area contributed by atoms with Crippen molar-refractivity contribution < 1.29 is 14.3 Å². The number of hydrogen-bond acceptors (Lipinski definition) is 5. The highest BCUT2D eigenvalue weighted by Gasteiger charge is 2.06. The van der Waals surface area contributed by atoms with E-state index in [4.69, 9.17) is 9.47 Å². The van der Waals surface area contributed by atoms with Gasteiger partial charge < -0.3 is 14.8 Å². The Kier molecular flexibility index (Phi) is 6.04. The third-order valence-corrected chi connectivity index (χ3v) is 4.05. The van der Waals surface area contributed by atoms with E-state index in [1.165, 1.54) is 6.20 Å². The van der Waals surface area contributed by atoms with E-state index in [2.05, 4.69) is 10.4 Å². The summed E-state index contributed by atoms with van der Waals surface area (Å²) in [7, 11) is 1.60.